The van der Waals surface area contributed by atoms with Gasteiger partial charge in [0.15, 0.2) is 6.61 Å². The number of benzene rings is 1. The summed E-state index contributed by atoms with van der Waals surface area (Å²) < 4.78 is 5.38. The van der Waals surface area contributed by atoms with Gasteiger partial charge in [0.1, 0.15) is 5.75 Å². The van der Waals surface area contributed by atoms with Gasteiger partial charge in [0.05, 0.1) is 0 Å². The molecule has 0 saturated carbocycles. The fraction of sp³-hybridized carbons (Fsp3) is 0.375. The summed E-state index contributed by atoms with van der Waals surface area (Å²) in [6.45, 7) is 5.98. The Morgan fingerprint density at radius 1 is 1.24 bits per heavy atom. The van der Waals surface area contributed by atoms with Gasteiger partial charge in [-0.25, -0.2) is 4.79 Å². The number of ether oxygens (including phenoxy) is 1. The highest BCUT2D eigenvalue weighted by Gasteiger charge is 2.10. The molecule has 0 aliphatic heterocycles. The SMILES string of the molecule is CC(C)C(C)NC(=O)COc1ccc(C=CC(=O)O)cc1. The van der Waals surface area contributed by atoms with Crippen LogP contribution < -0.4 is 10.1 Å². The quantitative estimate of drug-likeness (QED) is 0.756. The van der Waals surface area contributed by atoms with Gasteiger partial charge in [0.25, 0.3) is 5.91 Å². The van der Waals surface area contributed by atoms with Crippen molar-refractivity contribution in [3.63, 3.8) is 0 Å². The lowest BCUT2D eigenvalue weighted by Crippen LogP contribution is -2.38. The molecule has 5 nitrogen and oxygen atoms in total. The summed E-state index contributed by atoms with van der Waals surface area (Å²) in [5.74, 6) is -0.221. The number of carboxylic acids is 1. The molecule has 0 bridgehead atoms. The van der Waals surface area contributed by atoms with Gasteiger partial charge in [-0.3, -0.25) is 4.79 Å². The topological polar surface area (TPSA) is 75.6 Å². The molecule has 0 aromatic heterocycles. The molecule has 2 N–H and O–H groups in total. The first-order valence-corrected chi connectivity index (χ1v) is 6.81. The molecule has 21 heavy (non-hydrogen) atoms. The molecule has 1 rings (SSSR count). The van der Waals surface area contributed by atoms with Crippen LogP contribution in [0, 0.1) is 5.92 Å². The number of carbonyl (C=O) groups is 2. The van der Waals surface area contributed by atoms with E-state index >= 15 is 0 Å². The van der Waals surface area contributed by atoms with Crippen molar-refractivity contribution in [2.75, 3.05) is 6.61 Å². The van der Waals surface area contributed by atoms with Gasteiger partial charge in [0.2, 0.25) is 0 Å². The minimum atomic E-state index is -0.994. The highest BCUT2D eigenvalue weighted by molar-refractivity contribution is 5.85. The Kier molecular flexibility index (Phi) is 6.46. The Hall–Kier alpha value is -2.30. The van der Waals surface area contributed by atoms with Crippen LogP contribution in [0.5, 0.6) is 5.75 Å². The standard InChI is InChI=1S/C16H21NO4/c1-11(2)12(3)17-15(18)10-21-14-7-4-13(5-8-14)6-9-16(19)20/h4-9,11-12H,10H2,1-3H3,(H,17,18)(H,19,20). The van der Waals surface area contributed by atoms with E-state index in [4.69, 9.17) is 9.84 Å². The van der Waals surface area contributed by atoms with E-state index in [0.29, 0.717) is 11.7 Å². The van der Waals surface area contributed by atoms with Crippen molar-refractivity contribution < 1.29 is 19.4 Å². The number of hydrogen-bond acceptors (Lipinski definition) is 3. The van der Waals surface area contributed by atoms with Crippen molar-refractivity contribution in [1.29, 1.82) is 0 Å². The van der Waals surface area contributed by atoms with E-state index in [-0.39, 0.29) is 18.6 Å². The zero-order valence-electron chi connectivity index (χ0n) is 12.5. The molecule has 0 heterocycles. The molecule has 0 aliphatic rings. The molecule has 1 atom stereocenters. The Morgan fingerprint density at radius 3 is 2.38 bits per heavy atom. The average molecular weight is 291 g/mol. The van der Waals surface area contributed by atoms with Crippen molar-refractivity contribution in [3.8, 4) is 5.75 Å². The lowest BCUT2D eigenvalue weighted by Gasteiger charge is -2.17. The number of amides is 1. The van der Waals surface area contributed by atoms with E-state index in [0.717, 1.165) is 11.6 Å². The van der Waals surface area contributed by atoms with Crippen molar-refractivity contribution >= 4 is 18.0 Å². The van der Waals surface area contributed by atoms with E-state index in [1.807, 2.05) is 20.8 Å². The fourth-order valence-electron chi connectivity index (χ4n) is 1.45. The second kappa shape index (κ2) is 8.09. The van der Waals surface area contributed by atoms with Crippen LogP contribution in [0.15, 0.2) is 30.3 Å². The summed E-state index contributed by atoms with van der Waals surface area (Å²) in [5, 5.41) is 11.4. The number of aliphatic carboxylic acids is 1. The summed E-state index contributed by atoms with van der Waals surface area (Å²) in [4.78, 5) is 22.1. The van der Waals surface area contributed by atoms with Crippen LogP contribution in [-0.4, -0.2) is 29.6 Å². The molecule has 1 aromatic rings. The van der Waals surface area contributed by atoms with Crippen LogP contribution in [0.4, 0.5) is 0 Å². The van der Waals surface area contributed by atoms with Gasteiger partial charge in [-0.05, 0) is 36.6 Å². The first-order chi connectivity index (χ1) is 9.88. The van der Waals surface area contributed by atoms with Gasteiger partial charge >= 0.3 is 5.97 Å². The van der Waals surface area contributed by atoms with Crippen LogP contribution in [0.25, 0.3) is 6.08 Å². The third-order valence-electron chi connectivity index (χ3n) is 3.06. The summed E-state index contributed by atoms with van der Waals surface area (Å²) in [6, 6.07) is 6.94. The third-order valence-corrected chi connectivity index (χ3v) is 3.06. The Balaban J connectivity index is 2.46. The lowest BCUT2D eigenvalue weighted by atomic mass is 10.1. The molecule has 1 aromatic carbocycles. The Labute approximate surface area is 124 Å². The molecule has 1 amide bonds. The monoisotopic (exact) mass is 291 g/mol. The van der Waals surface area contributed by atoms with E-state index < -0.39 is 5.97 Å². The van der Waals surface area contributed by atoms with Gasteiger partial charge in [-0.1, -0.05) is 26.0 Å². The summed E-state index contributed by atoms with van der Waals surface area (Å²) >= 11 is 0. The van der Waals surface area contributed by atoms with E-state index in [1.54, 1.807) is 24.3 Å². The van der Waals surface area contributed by atoms with E-state index in [2.05, 4.69) is 5.32 Å². The maximum absolute atomic E-state index is 11.7. The van der Waals surface area contributed by atoms with Gasteiger partial charge in [-0.2, -0.15) is 0 Å². The molecule has 1 unspecified atom stereocenters. The van der Waals surface area contributed by atoms with Crippen molar-refractivity contribution in [1.82, 2.24) is 5.32 Å². The maximum Gasteiger partial charge on any atom is 0.328 e. The summed E-state index contributed by atoms with van der Waals surface area (Å²) in [6.07, 6.45) is 2.56. The molecule has 5 heteroatoms. The van der Waals surface area contributed by atoms with Crippen molar-refractivity contribution in [3.05, 3.63) is 35.9 Å². The first kappa shape index (κ1) is 16.8. The van der Waals surface area contributed by atoms with E-state index in [9.17, 15) is 9.59 Å². The summed E-state index contributed by atoms with van der Waals surface area (Å²) in [7, 11) is 0. The maximum atomic E-state index is 11.7. The summed E-state index contributed by atoms with van der Waals surface area (Å²) in [5.41, 5.74) is 0.752. The Bertz CT molecular complexity index is 506. The van der Waals surface area contributed by atoms with Crippen molar-refractivity contribution in [2.24, 2.45) is 5.92 Å². The van der Waals surface area contributed by atoms with Crippen LogP contribution in [0.1, 0.15) is 26.3 Å². The predicted molar refractivity (Wildman–Crippen MR) is 81.0 cm³/mol. The van der Waals surface area contributed by atoms with Crippen LogP contribution in [-0.2, 0) is 9.59 Å². The number of nitrogens with one attached hydrogen (secondary N) is 1. The van der Waals surface area contributed by atoms with Gasteiger partial charge < -0.3 is 15.2 Å². The van der Waals surface area contributed by atoms with Gasteiger partial charge in [0, 0.05) is 12.1 Å². The smallest absolute Gasteiger partial charge is 0.328 e. The molecule has 0 fully saturated rings. The fourth-order valence-corrected chi connectivity index (χ4v) is 1.45. The third kappa shape index (κ3) is 6.61. The molecule has 0 spiro atoms. The largest absolute Gasteiger partial charge is 0.484 e. The van der Waals surface area contributed by atoms with Crippen molar-refractivity contribution in [2.45, 2.75) is 26.8 Å². The number of carbonyl (C=O) groups excluding carboxylic acids is 1. The minimum absolute atomic E-state index is 0.0403. The zero-order chi connectivity index (χ0) is 15.8. The average Bonchev–Trinajstić information content (AvgIpc) is 2.43. The van der Waals surface area contributed by atoms with Crippen LogP contribution in [0.2, 0.25) is 0 Å². The normalized spacial score (nSPS) is 12.4. The molecule has 0 saturated heterocycles. The molecule has 114 valence electrons. The highest BCUT2D eigenvalue weighted by Crippen LogP contribution is 2.13. The first-order valence-electron chi connectivity index (χ1n) is 6.81. The second-order valence-electron chi connectivity index (χ2n) is 5.13. The zero-order valence-corrected chi connectivity index (χ0v) is 12.5. The molecular formula is C16H21NO4. The Morgan fingerprint density at radius 2 is 1.86 bits per heavy atom. The minimum Gasteiger partial charge on any atom is -0.484 e. The number of hydrogen-bond donors (Lipinski definition) is 2. The van der Waals surface area contributed by atoms with Crippen LogP contribution >= 0.6 is 0 Å². The molecular weight excluding hydrogens is 270 g/mol. The van der Waals surface area contributed by atoms with Gasteiger partial charge in [-0.15, -0.1) is 0 Å². The molecule has 0 radical (unpaired) electrons. The second-order valence-corrected chi connectivity index (χ2v) is 5.13. The number of rotatable bonds is 7. The van der Waals surface area contributed by atoms with E-state index in [1.165, 1.54) is 6.08 Å². The number of carboxylic acid groups (broad SMARTS) is 1. The molecule has 0 aliphatic carbocycles. The highest BCUT2D eigenvalue weighted by atomic mass is 16.5. The van der Waals surface area contributed by atoms with Crippen LogP contribution in [0.3, 0.4) is 0 Å². The lowest BCUT2D eigenvalue weighted by molar-refractivity contribution is -0.131. The predicted octanol–water partition coefficient (Wildman–Crippen LogP) is 2.32.